The molecule has 0 aromatic heterocycles. The van der Waals surface area contributed by atoms with E-state index in [1.807, 2.05) is 18.2 Å². The Morgan fingerprint density at radius 2 is 2.11 bits per heavy atom. The highest BCUT2D eigenvalue weighted by atomic mass is 16.7. The number of rotatable bonds is 2. The Morgan fingerprint density at radius 1 is 1.26 bits per heavy atom. The summed E-state index contributed by atoms with van der Waals surface area (Å²) in [5.74, 6) is 1.45. The molecular weight excluding hydrogens is 242 g/mol. The molecule has 0 unspecified atom stereocenters. The molecule has 98 valence electrons. The quantitative estimate of drug-likeness (QED) is 0.817. The number of ether oxygens (including phenoxy) is 2. The maximum absolute atomic E-state index is 12.4. The van der Waals surface area contributed by atoms with E-state index < -0.39 is 0 Å². The monoisotopic (exact) mass is 257 g/mol. The third kappa shape index (κ3) is 2.17. The molecule has 0 bridgehead atoms. The first-order chi connectivity index (χ1) is 9.29. The Balaban J connectivity index is 1.85. The van der Waals surface area contributed by atoms with Gasteiger partial charge in [-0.05, 0) is 30.5 Å². The molecule has 19 heavy (non-hydrogen) atoms. The van der Waals surface area contributed by atoms with Gasteiger partial charge in [0.2, 0.25) is 6.79 Å². The maximum atomic E-state index is 12.4. The largest absolute Gasteiger partial charge is 0.454 e. The average Bonchev–Trinajstić information content (AvgIpc) is 2.88. The van der Waals surface area contributed by atoms with Gasteiger partial charge < -0.3 is 9.47 Å². The van der Waals surface area contributed by atoms with Crippen LogP contribution in [-0.2, 0) is 4.79 Å². The summed E-state index contributed by atoms with van der Waals surface area (Å²) in [4.78, 5) is 12.4. The van der Waals surface area contributed by atoms with E-state index in [4.69, 9.17) is 14.7 Å². The molecule has 1 aliphatic heterocycles. The molecule has 0 N–H and O–H groups in total. The lowest BCUT2D eigenvalue weighted by molar-refractivity contribution is -0.126. The summed E-state index contributed by atoms with van der Waals surface area (Å²) in [5, 5.41) is 8.78. The smallest absolute Gasteiger partial charge is 0.231 e. The SMILES string of the molecule is N#CC[C@H]1CCC[C@@H](c2ccc3c(c2)OCO3)C1=O. The van der Waals surface area contributed by atoms with Crippen LogP contribution in [0.15, 0.2) is 18.2 Å². The minimum Gasteiger partial charge on any atom is -0.454 e. The number of nitriles is 1. The van der Waals surface area contributed by atoms with Gasteiger partial charge in [0, 0.05) is 18.3 Å². The van der Waals surface area contributed by atoms with E-state index in [1.165, 1.54) is 0 Å². The van der Waals surface area contributed by atoms with E-state index >= 15 is 0 Å². The molecule has 2 atom stereocenters. The topological polar surface area (TPSA) is 59.3 Å². The van der Waals surface area contributed by atoms with Crippen LogP contribution < -0.4 is 9.47 Å². The molecule has 0 radical (unpaired) electrons. The first kappa shape index (κ1) is 12.0. The Kier molecular flexibility index (Phi) is 3.12. The number of hydrogen-bond acceptors (Lipinski definition) is 4. The number of ketones is 1. The number of nitrogens with zero attached hydrogens (tertiary/aromatic N) is 1. The Hall–Kier alpha value is -2.02. The normalized spacial score (nSPS) is 25.1. The summed E-state index contributed by atoms with van der Waals surface area (Å²) in [6.45, 7) is 0.245. The van der Waals surface area contributed by atoms with Crippen LogP contribution in [0.4, 0.5) is 0 Å². The van der Waals surface area contributed by atoms with Crippen molar-refractivity contribution in [2.45, 2.75) is 31.6 Å². The van der Waals surface area contributed by atoms with Crippen molar-refractivity contribution >= 4 is 5.78 Å². The lowest BCUT2D eigenvalue weighted by Crippen LogP contribution is -2.26. The first-order valence-corrected chi connectivity index (χ1v) is 6.60. The average molecular weight is 257 g/mol. The zero-order valence-corrected chi connectivity index (χ0v) is 10.6. The van der Waals surface area contributed by atoms with Crippen molar-refractivity contribution in [1.82, 2.24) is 0 Å². The van der Waals surface area contributed by atoms with E-state index in [2.05, 4.69) is 6.07 Å². The fourth-order valence-corrected chi connectivity index (χ4v) is 2.91. The zero-order chi connectivity index (χ0) is 13.2. The summed E-state index contributed by atoms with van der Waals surface area (Å²) in [5.41, 5.74) is 0.983. The molecule has 0 amide bonds. The summed E-state index contributed by atoms with van der Waals surface area (Å²) < 4.78 is 10.6. The fourth-order valence-electron chi connectivity index (χ4n) is 2.91. The highest BCUT2D eigenvalue weighted by Gasteiger charge is 2.32. The number of Topliss-reactive ketones (excluding diaryl/α,β-unsaturated/α-hetero) is 1. The maximum Gasteiger partial charge on any atom is 0.231 e. The molecule has 1 saturated carbocycles. The lowest BCUT2D eigenvalue weighted by Gasteiger charge is -2.26. The van der Waals surface area contributed by atoms with Gasteiger partial charge in [-0.1, -0.05) is 12.5 Å². The molecule has 4 heteroatoms. The van der Waals surface area contributed by atoms with E-state index in [1.54, 1.807) is 0 Å². The molecule has 0 saturated heterocycles. The van der Waals surface area contributed by atoms with E-state index in [-0.39, 0.29) is 24.4 Å². The van der Waals surface area contributed by atoms with Crippen molar-refractivity contribution in [1.29, 1.82) is 5.26 Å². The van der Waals surface area contributed by atoms with Crippen LogP contribution in [0.3, 0.4) is 0 Å². The molecule has 1 fully saturated rings. The third-order valence-electron chi connectivity index (χ3n) is 3.93. The number of benzene rings is 1. The summed E-state index contributed by atoms with van der Waals surface area (Å²) in [7, 11) is 0. The Morgan fingerprint density at radius 3 is 2.95 bits per heavy atom. The van der Waals surface area contributed by atoms with Crippen LogP contribution in [0.1, 0.15) is 37.2 Å². The standard InChI is InChI=1S/C15H15NO3/c16-7-6-10-2-1-3-12(15(10)17)11-4-5-13-14(8-11)19-9-18-13/h4-5,8,10,12H,1-3,6,9H2/t10-,12+/m1/s1. The Bertz CT molecular complexity index is 547. The predicted molar refractivity (Wildman–Crippen MR) is 67.9 cm³/mol. The minimum atomic E-state index is -0.103. The van der Waals surface area contributed by atoms with Crippen LogP contribution in [0.5, 0.6) is 11.5 Å². The van der Waals surface area contributed by atoms with Gasteiger partial charge in [0.05, 0.1) is 6.07 Å². The van der Waals surface area contributed by atoms with Gasteiger partial charge >= 0.3 is 0 Å². The van der Waals surface area contributed by atoms with Crippen molar-refractivity contribution in [3.05, 3.63) is 23.8 Å². The van der Waals surface area contributed by atoms with Crippen LogP contribution in [0.2, 0.25) is 0 Å². The molecule has 1 aromatic carbocycles. The van der Waals surface area contributed by atoms with Gasteiger partial charge in [-0.15, -0.1) is 0 Å². The first-order valence-electron chi connectivity index (χ1n) is 6.60. The van der Waals surface area contributed by atoms with E-state index in [9.17, 15) is 4.79 Å². The van der Waals surface area contributed by atoms with Gasteiger partial charge in [-0.2, -0.15) is 5.26 Å². The van der Waals surface area contributed by atoms with Gasteiger partial charge in [0.25, 0.3) is 0 Å². The second kappa shape index (κ2) is 4.93. The summed E-state index contributed by atoms with van der Waals surface area (Å²) in [6, 6.07) is 7.81. The van der Waals surface area contributed by atoms with Crippen LogP contribution in [-0.4, -0.2) is 12.6 Å². The van der Waals surface area contributed by atoms with Crippen molar-refractivity contribution in [2.75, 3.05) is 6.79 Å². The van der Waals surface area contributed by atoms with Gasteiger partial charge in [0.1, 0.15) is 5.78 Å². The summed E-state index contributed by atoms with van der Waals surface area (Å²) >= 11 is 0. The van der Waals surface area contributed by atoms with Crippen molar-refractivity contribution in [3.63, 3.8) is 0 Å². The highest BCUT2D eigenvalue weighted by Crippen LogP contribution is 2.39. The highest BCUT2D eigenvalue weighted by molar-refractivity contribution is 5.89. The van der Waals surface area contributed by atoms with Crippen molar-refractivity contribution in [2.24, 2.45) is 5.92 Å². The predicted octanol–water partition coefficient (Wildman–Crippen LogP) is 2.78. The molecular formula is C15H15NO3. The number of carbonyl (C=O) groups excluding carboxylic acids is 1. The minimum absolute atomic E-state index is 0.0957. The molecule has 0 spiro atoms. The summed E-state index contributed by atoms with van der Waals surface area (Å²) in [6.07, 6.45) is 3.03. The molecule has 1 heterocycles. The van der Waals surface area contributed by atoms with E-state index in [0.29, 0.717) is 12.2 Å². The Labute approximate surface area is 111 Å². The molecule has 2 aliphatic rings. The number of fused-ring (bicyclic) bond motifs is 1. The number of hydrogen-bond donors (Lipinski definition) is 0. The van der Waals surface area contributed by atoms with Crippen molar-refractivity contribution in [3.8, 4) is 17.6 Å². The van der Waals surface area contributed by atoms with Gasteiger partial charge in [-0.25, -0.2) is 0 Å². The van der Waals surface area contributed by atoms with Gasteiger partial charge in [-0.3, -0.25) is 4.79 Å². The second-order valence-corrected chi connectivity index (χ2v) is 5.06. The van der Waals surface area contributed by atoms with Crippen molar-refractivity contribution < 1.29 is 14.3 Å². The van der Waals surface area contributed by atoms with Crippen LogP contribution in [0.25, 0.3) is 0 Å². The van der Waals surface area contributed by atoms with Gasteiger partial charge in [0.15, 0.2) is 11.5 Å². The third-order valence-corrected chi connectivity index (χ3v) is 3.93. The van der Waals surface area contributed by atoms with Crippen LogP contribution in [0, 0.1) is 17.2 Å². The molecule has 3 rings (SSSR count). The lowest BCUT2D eigenvalue weighted by atomic mass is 9.76. The molecule has 1 aromatic rings. The zero-order valence-electron chi connectivity index (χ0n) is 10.6. The molecule has 4 nitrogen and oxygen atoms in total. The fraction of sp³-hybridized carbons (Fsp3) is 0.467. The molecule has 1 aliphatic carbocycles. The van der Waals surface area contributed by atoms with E-state index in [0.717, 1.165) is 30.6 Å². The second-order valence-electron chi connectivity index (χ2n) is 5.06. The van der Waals surface area contributed by atoms with Crippen LogP contribution >= 0.6 is 0 Å². The number of carbonyl (C=O) groups is 1.